The molecule has 0 fully saturated rings. The molecule has 0 radical (unpaired) electrons. The molecular formula is C22H23ClN2O5S. The Morgan fingerprint density at radius 2 is 1.87 bits per heavy atom. The van der Waals surface area contributed by atoms with E-state index in [0.717, 1.165) is 16.8 Å². The van der Waals surface area contributed by atoms with E-state index < -0.39 is 9.84 Å². The fourth-order valence-corrected chi connectivity index (χ4v) is 4.54. The number of nitrogens with zero attached hydrogens (tertiary/aromatic N) is 1. The smallest absolute Gasteiger partial charge is 0.221 e. The third-order valence-corrected chi connectivity index (χ3v) is 6.90. The second kappa shape index (κ2) is 9.53. The standard InChI is InChI=1S/C22H23ClN2O5S/c1-14-15(2)25-30-22(14)17-6-9-19(29-3)20(12-17)31(27,28)11-10-21(26)24-13-16-4-7-18(23)8-5-16/h4-9,12H,10-11,13H2,1-3H3,(H,24,26). The first-order chi connectivity index (χ1) is 14.7. The van der Waals surface area contributed by atoms with Crippen molar-refractivity contribution in [3.8, 4) is 17.1 Å². The molecule has 0 unspecified atom stereocenters. The van der Waals surface area contributed by atoms with Crippen LogP contribution in [0.25, 0.3) is 11.3 Å². The minimum absolute atomic E-state index is 0.00598. The number of benzene rings is 2. The number of aryl methyl sites for hydroxylation is 1. The maximum Gasteiger partial charge on any atom is 0.221 e. The molecule has 0 aliphatic heterocycles. The number of methoxy groups -OCH3 is 1. The molecule has 2 aromatic carbocycles. The van der Waals surface area contributed by atoms with Gasteiger partial charge >= 0.3 is 0 Å². The summed E-state index contributed by atoms with van der Waals surface area (Å²) in [7, 11) is -2.39. The summed E-state index contributed by atoms with van der Waals surface area (Å²) in [5, 5.41) is 7.24. The number of hydrogen-bond donors (Lipinski definition) is 1. The molecule has 31 heavy (non-hydrogen) atoms. The molecule has 0 atom stereocenters. The Morgan fingerprint density at radius 3 is 2.48 bits per heavy atom. The number of aromatic nitrogens is 1. The van der Waals surface area contributed by atoms with Gasteiger partial charge in [-0.2, -0.15) is 0 Å². The van der Waals surface area contributed by atoms with Crippen molar-refractivity contribution in [3.05, 3.63) is 64.3 Å². The molecule has 0 saturated heterocycles. The van der Waals surface area contributed by atoms with Gasteiger partial charge in [0.05, 0.1) is 18.6 Å². The Labute approximate surface area is 186 Å². The lowest BCUT2D eigenvalue weighted by Crippen LogP contribution is -2.25. The summed E-state index contributed by atoms with van der Waals surface area (Å²) < 4.78 is 36.5. The predicted molar refractivity (Wildman–Crippen MR) is 118 cm³/mol. The van der Waals surface area contributed by atoms with Gasteiger partial charge in [0.1, 0.15) is 10.6 Å². The Morgan fingerprint density at radius 1 is 1.16 bits per heavy atom. The van der Waals surface area contributed by atoms with E-state index in [1.54, 1.807) is 36.4 Å². The molecule has 7 nitrogen and oxygen atoms in total. The minimum Gasteiger partial charge on any atom is -0.495 e. The van der Waals surface area contributed by atoms with E-state index in [2.05, 4.69) is 10.5 Å². The third kappa shape index (κ3) is 5.45. The van der Waals surface area contributed by atoms with Crippen LogP contribution in [0.2, 0.25) is 5.02 Å². The SMILES string of the molecule is COc1ccc(-c2onc(C)c2C)cc1S(=O)(=O)CCC(=O)NCc1ccc(Cl)cc1. The maximum atomic E-state index is 13.0. The van der Waals surface area contributed by atoms with Crippen molar-refractivity contribution in [1.82, 2.24) is 10.5 Å². The van der Waals surface area contributed by atoms with Crippen LogP contribution in [0, 0.1) is 13.8 Å². The summed E-state index contributed by atoms with van der Waals surface area (Å²) in [6, 6.07) is 11.8. The molecule has 3 rings (SSSR count). The van der Waals surface area contributed by atoms with Crippen LogP contribution in [0.3, 0.4) is 0 Å². The summed E-state index contributed by atoms with van der Waals surface area (Å²) in [5.74, 6) is -0.0138. The van der Waals surface area contributed by atoms with Gasteiger partial charge in [-0.1, -0.05) is 28.9 Å². The second-order valence-corrected chi connectivity index (χ2v) is 9.57. The lowest BCUT2D eigenvalue weighted by Gasteiger charge is -2.11. The molecule has 1 amide bonds. The highest BCUT2D eigenvalue weighted by atomic mass is 35.5. The average Bonchev–Trinajstić information content (AvgIpc) is 3.10. The first kappa shape index (κ1) is 22.8. The fourth-order valence-electron chi connectivity index (χ4n) is 2.97. The molecule has 3 aromatic rings. The lowest BCUT2D eigenvalue weighted by atomic mass is 10.1. The summed E-state index contributed by atoms with van der Waals surface area (Å²) >= 11 is 5.84. The van der Waals surface area contributed by atoms with E-state index in [1.807, 2.05) is 13.8 Å². The zero-order valence-corrected chi connectivity index (χ0v) is 19.0. The van der Waals surface area contributed by atoms with Gasteiger partial charge < -0.3 is 14.6 Å². The Balaban J connectivity index is 1.73. The summed E-state index contributed by atoms with van der Waals surface area (Å²) in [5.41, 5.74) is 3.00. The zero-order valence-electron chi connectivity index (χ0n) is 17.4. The molecule has 164 valence electrons. The van der Waals surface area contributed by atoms with E-state index >= 15 is 0 Å². The van der Waals surface area contributed by atoms with E-state index in [9.17, 15) is 13.2 Å². The number of rotatable bonds is 8. The number of hydrogen-bond acceptors (Lipinski definition) is 6. The Bertz CT molecular complexity index is 1190. The van der Waals surface area contributed by atoms with Gasteiger partial charge in [0.2, 0.25) is 5.91 Å². The van der Waals surface area contributed by atoms with E-state index in [0.29, 0.717) is 22.9 Å². The van der Waals surface area contributed by atoms with Crippen LogP contribution in [0.5, 0.6) is 5.75 Å². The van der Waals surface area contributed by atoms with Crippen molar-refractivity contribution >= 4 is 27.3 Å². The molecule has 1 aromatic heterocycles. The first-order valence-corrected chi connectivity index (χ1v) is 11.6. The first-order valence-electron chi connectivity index (χ1n) is 9.56. The second-order valence-electron chi connectivity index (χ2n) is 7.06. The highest BCUT2D eigenvalue weighted by Crippen LogP contribution is 2.33. The van der Waals surface area contributed by atoms with E-state index in [4.69, 9.17) is 20.9 Å². The van der Waals surface area contributed by atoms with Crippen molar-refractivity contribution in [2.24, 2.45) is 0 Å². The molecule has 1 heterocycles. The topological polar surface area (TPSA) is 98.5 Å². The van der Waals surface area contributed by atoms with Crippen LogP contribution in [0.15, 0.2) is 51.9 Å². The van der Waals surface area contributed by atoms with Gasteiger partial charge in [-0.15, -0.1) is 0 Å². The third-order valence-electron chi connectivity index (χ3n) is 4.92. The van der Waals surface area contributed by atoms with Gasteiger partial charge in [-0.05, 0) is 49.7 Å². The average molecular weight is 463 g/mol. The van der Waals surface area contributed by atoms with Gasteiger partial charge in [0, 0.05) is 29.1 Å². The van der Waals surface area contributed by atoms with Crippen LogP contribution >= 0.6 is 11.6 Å². The molecule has 0 aliphatic carbocycles. The maximum absolute atomic E-state index is 13.0. The number of halogens is 1. The molecular weight excluding hydrogens is 440 g/mol. The number of ether oxygens (including phenoxy) is 1. The van der Waals surface area contributed by atoms with Crippen molar-refractivity contribution in [2.45, 2.75) is 31.7 Å². The largest absolute Gasteiger partial charge is 0.495 e. The number of amides is 1. The molecule has 0 saturated carbocycles. The van der Waals surface area contributed by atoms with Crippen LogP contribution in [-0.4, -0.2) is 32.3 Å². The van der Waals surface area contributed by atoms with Crippen molar-refractivity contribution < 1.29 is 22.5 Å². The van der Waals surface area contributed by atoms with Gasteiger partial charge in [0.15, 0.2) is 15.6 Å². The Kier molecular flexibility index (Phi) is 7.02. The number of carbonyl (C=O) groups is 1. The summed E-state index contributed by atoms with van der Waals surface area (Å²) in [4.78, 5) is 12.2. The fraction of sp³-hybridized carbons (Fsp3) is 0.273. The number of carbonyl (C=O) groups excluding carboxylic acids is 1. The highest BCUT2D eigenvalue weighted by Gasteiger charge is 2.23. The van der Waals surface area contributed by atoms with Crippen LogP contribution in [0.1, 0.15) is 23.2 Å². The molecule has 1 N–H and O–H groups in total. The van der Waals surface area contributed by atoms with Crippen molar-refractivity contribution in [3.63, 3.8) is 0 Å². The quantitative estimate of drug-likeness (QED) is 0.541. The number of nitrogens with one attached hydrogen (secondary N) is 1. The van der Waals surface area contributed by atoms with Crippen molar-refractivity contribution in [1.29, 1.82) is 0 Å². The number of sulfone groups is 1. The van der Waals surface area contributed by atoms with E-state index in [1.165, 1.54) is 13.2 Å². The minimum atomic E-state index is -3.79. The van der Waals surface area contributed by atoms with E-state index in [-0.39, 0.29) is 28.7 Å². The highest BCUT2D eigenvalue weighted by molar-refractivity contribution is 7.91. The van der Waals surface area contributed by atoms with Gasteiger partial charge in [-0.3, -0.25) is 4.79 Å². The lowest BCUT2D eigenvalue weighted by molar-refractivity contribution is -0.120. The predicted octanol–water partition coefficient (Wildman–Crippen LogP) is 4.10. The monoisotopic (exact) mass is 462 g/mol. The van der Waals surface area contributed by atoms with Crippen LogP contribution in [-0.2, 0) is 21.2 Å². The summed E-state index contributed by atoms with van der Waals surface area (Å²) in [6.45, 7) is 3.95. The molecule has 0 bridgehead atoms. The molecule has 0 aliphatic rings. The molecule has 9 heteroatoms. The van der Waals surface area contributed by atoms with Crippen molar-refractivity contribution in [2.75, 3.05) is 12.9 Å². The zero-order chi connectivity index (χ0) is 22.6. The van der Waals surface area contributed by atoms with Gasteiger partial charge in [0.25, 0.3) is 0 Å². The normalized spacial score (nSPS) is 11.4. The van der Waals surface area contributed by atoms with Gasteiger partial charge in [-0.25, -0.2) is 8.42 Å². The van der Waals surface area contributed by atoms with Crippen LogP contribution < -0.4 is 10.1 Å². The summed E-state index contributed by atoms with van der Waals surface area (Å²) in [6.07, 6.45) is -0.177. The Hall–Kier alpha value is -2.84. The van der Waals surface area contributed by atoms with Crippen LogP contribution in [0.4, 0.5) is 0 Å². The molecule has 0 spiro atoms.